The molecule has 1 aliphatic heterocycles. The number of hydrogen-bond acceptors (Lipinski definition) is 4. The van der Waals surface area contributed by atoms with Gasteiger partial charge in [-0.05, 0) is 24.5 Å². The number of hydrogen-bond donors (Lipinski definition) is 0. The summed E-state index contributed by atoms with van der Waals surface area (Å²) in [4.78, 5) is 14.9. The van der Waals surface area contributed by atoms with Crippen molar-refractivity contribution < 1.29 is 9.53 Å². The minimum absolute atomic E-state index is 0.0670. The van der Waals surface area contributed by atoms with Crippen molar-refractivity contribution in [1.82, 2.24) is 19.9 Å². The van der Waals surface area contributed by atoms with E-state index in [0.29, 0.717) is 24.7 Å². The largest absolute Gasteiger partial charge is 0.371 e. The van der Waals surface area contributed by atoms with Crippen LogP contribution in [-0.4, -0.2) is 51.1 Å². The number of carbonyl (C=O) groups excluding carboxylic acids is 1. The van der Waals surface area contributed by atoms with Crippen molar-refractivity contribution in [1.29, 1.82) is 0 Å². The minimum Gasteiger partial charge on any atom is -0.371 e. The average Bonchev–Trinajstić information content (AvgIpc) is 3.16. The highest BCUT2D eigenvalue weighted by molar-refractivity contribution is 5.92. The maximum atomic E-state index is 13.0. The summed E-state index contributed by atoms with van der Waals surface area (Å²) in [5, 5.41) is 8.22. The van der Waals surface area contributed by atoms with Crippen molar-refractivity contribution in [2.75, 3.05) is 13.1 Å². The van der Waals surface area contributed by atoms with Gasteiger partial charge in [-0.1, -0.05) is 57.0 Å². The van der Waals surface area contributed by atoms with E-state index in [-0.39, 0.29) is 18.1 Å². The molecule has 2 atom stereocenters. The van der Waals surface area contributed by atoms with Crippen LogP contribution >= 0.6 is 0 Å². The molecule has 0 saturated carbocycles. The lowest BCUT2D eigenvalue weighted by Crippen LogP contribution is -2.51. The lowest BCUT2D eigenvalue weighted by Gasteiger charge is -2.39. The molecule has 1 aliphatic rings. The molecule has 0 radical (unpaired) electrons. The third-order valence-electron chi connectivity index (χ3n) is 4.84. The molecule has 0 N–H and O–H groups in total. The summed E-state index contributed by atoms with van der Waals surface area (Å²) in [6, 6.07) is 9.70. The van der Waals surface area contributed by atoms with Crippen LogP contribution in [0, 0.1) is 5.92 Å². The van der Waals surface area contributed by atoms with Gasteiger partial charge < -0.3 is 9.64 Å². The number of rotatable bonds is 6. The van der Waals surface area contributed by atoms with Crippen LogP contribution in [0.15, 0.2) is 36.5 Å². The number of carbonyl (C=O) groups is 1. The number of unbranched alkanes of at least 4 members (excludes halogenated alkanes) is 1. The molecule has 3 rings (SSSR count). The van der Waals surface area contributed by atoms with Gasteiger partial charge in [0.1, 0.15) is 0 Å². The number of morpholine rings is 1. The highest BCUT2D eigenvalue weighted by atomic mass is 16.5. The Hall–Kier alpha value is -2.21. The fourth-order valence-corrected chi connectivity index (χ4v) is 3.23. The van der Waals surface area contributed by atoms with Crippen LogP contribution in [-0.2, 0) is 4.74 Å². The monoisotopic (exact) mass is 356 g/mol. The first kappa shape index (κ1) is 18.6. The summed E-state index contributed by atoms with van der Waals surface area (Å²) in [7, 11) is 0. The first-order chi connectivity index (χ1) is 12.6. The smallest absolute Gasteiger partial charge is 0.276 e. The molecule has 0 spiro atoms. The molecule has 26 heavy (non-hydrogen) atoms. The Morgan fingerprint density at radius 1 is 1.27 bits per heavy atom. The molecule has 1 aromatic heterocycles. The van der Waals surface area contributed by atoms with Gasteiger partial charge in [-0.3, -0.25) is 4.79 Å². The fraction of sp³-hybridized carbons (Fsp3) is 0.550. The van der Waals surface area contributed by atoms with Gasteiger partial charge in [-0.2, -0.15) is 0 Å². The third kappa shape index (κ3) is 4.30. The lowest BCUT2D eigenvalue weighted by atomic mass is 10.0. The van der Waals surface area contributed by atoms with Gasteiger partial charge in [0.2, 0.25) is 0 Å². The van der Waals surface area contributed by atoms with Gasteiger partial charge in [-0.15, -0.1) is 5.10 Å². The van der Waals surface area contributed by atoms with Crippen LogP contribution in [0.2, 0.25) is 0 Å². The molecule has 1 aromatic carbocycles. The van der Waals surface area contributed by atoms with Crippen molar-refractivity contribution >= 4 is 5.91 Å². The SMILES string of the molecule is CCCC[C@@H]1CN(C(=O)c2cn(-c3ccccc3)nn2)C[C@H](C(C)C)O1. The van der Waals surface area contributed by atoms with Gasteiger partial charge in [-0.25, -0.2) is 4.68 Å². The summed E-state index contributed by atoms with van der Waals surface area (Å²) in [6.07, 6.45) is 5.11. The van der Waals surface area contributed by atoms with Gasteiger partial charge in [0.15, 0.2) is 5.69 Å². The highest BCUT2D eigenvalue weighted by Crippen LogP contribution is 2.22. The van der Waals surface area contributed by atoms with Crippen LogP contribution in [0.25, 0.3) is 5.69 Å². The molecule has 0 unspecified atom stereocenters. The molecule has 0 bridgehead atoms. The van der Waals surface area contributed by atoms with Crippen LogP contribution in [0.5, 0.6) is 0 Å². The Labute approximate surface area is 155 Å². The quantitative estimate of drug-likeness (QED) is 0.797. The maximum absolute atomic E-state index is 13.0. The third-order valence-corrected chi connectivity index (χ3v) is 4.84. The number of nitrogens with zero attached hydrogens (tertiary/aromatic N) is 4. The van der Waals surface area contributed by atoms with Gasteiger partial charge >= 0.3 is 0 Å². The molecule has 2 aromatic rings. The zero-order valence-electron chi connectivity index (χ0n) is 15.8. The van der Waals surface area contributed by atoms with E-state index in [0.717, 1.165) is 24.9 Å². The number of ether oxygens (including phenoxy) is 1. The Bertz CT molecular complexity index is 714. The molecular weight excluding hydrogens is 328 g/mol. The lowest BCUT2D eigenvalue weighted by molar-refractivity contribution is -0.0963. The highest BCUT2D eigenvalue weighted by Gasteiger charge is 2.33. The van der Waals surface area contributed by atoms with Crippen LogP contribution in [0.3, 0.4) is 0 Å². The molecule has 140 valence electrons. The second-order valence-corrected chi connectivity index (χ2v) is 7.28. The predicted molar refractivity (Wildman–Crippen MR) is 100 cm³/mol. The van der Waals surface area contributed by atoms with Gasteiger partial charge in [0, 0.05) is 13.1 Å². The fourth-order valence-electron chi connectivity index (χ4n) is 3.23. The first-order valence-corrected chi connectivity index (χ1v) is 9.51. The maximum Gasteiger partial charge on any atom is 0.276 e. The van der Waals surface area contributed by atoms with E-state index in [9.17, 15) is 4.79 Å². The second kappa shape index (κ2) is 8.45. The summed E-state index contributed by atoms with van der Waals surface area (Å²) in [5.74, 6) is 0.303. The molecule has 2 heterocycles. The van der Waals surface area contributed by atoms with E-state index >= 15 is 0 Å². The Balaban J connectivity index is 1.74. The number of amides is 1. The molecule has 6 nitrogen and oxygen atoms in total. The minimum atomic E-state index is -0.0670. The molecule has 0 aliphatic carbocycles. The van der Waals surface area contributed by atoms with E-state index in [1.807, 2.05) is 35.2 Å². The molecule has 6 heteroatoms. The predicted octanol–water partition coefficient (Wildman–Crippen LogP) is 3.32. The summed E-state index contributed by atoms with van der Waals surface area (Å²) >= 11 is 0. The topological polar surface area (TPSA) is 60.2 Å². The molecular formula is C20H28N4O2. The molecule has 1 amide bonds. The zero-order chi connectivity index (χ0) is 18.5. The first-order valence-electron chi connectivity index (χ1n) is 9.51. The average molecular weight is 356 g/mol. The van der Waals surface area contributed by atoms with Crippen molar-refractivity contribution in [2.45, 2.75) is 52.2 Å². The zero-order valence-corrected chi connectivity index (χ0v) is 15.8. The summed E-state index contributed by atoms with van der Waals surface area (Å²) in [5.41, 5.74) is 1.27. The summed E-state index contributed by atoms with van der Waals surface area (Å²) < 4.78 is 7.85. The second-order valence-electron chi connectivity index (χ2n) is 7.28. The van der Waals surface area contributed by atoms with Crippen LogP contribution in [0.1, 0.15) is 50.5 Å². The van der Waals surface area contributed by atoms with Crippen molar-refractivity contribution in [3.63, 3.8) is 0 Å². The standard InChI is InChI=1S/C20H28N4O2/c1-4-5-11-17-12-23(14-19(26-17)15(2)3)20(25)18-13-24(22-21-18)16-9-7-6-8-10-16/h6-10,13,15,17,19H,4-5,11-12,14H2,1-3H3/t17-,19-/m1/s1. The van der Waals surface area contributed by atoms with Crippen molar-refractivity contribution in [2.24, 2.45) is 5.92 Å². The van der Waals surface area contributed by atoms with Gasteiger partial charge in [0.25, 0.3) is 5.91 Å². The Morgan fingerprint density at radius 3 is 2.73 bits per heavy atom. The van der Waals surface area contributed by atoms with E-state index in [1.165, 1.54) is 0 Å². The number of aromatic nitrogens is 3. The normalized spacial score (nSPS) is 20.5. The summed E-state index contributed by atoms with van der Waals surface area (Å²) in [6.45, 7) is 7.69. The van der Waals surface area contributed by atoms with Crippen molar-refractivity contribution in [3.05, 3.63) is 42.2 Å². The van der Waals surface area contributed by atoms with E-state index < -0.39 is 0 Å². The van der Waals surface area contributed by atoms with E-state index in [2.05, 4.69) is 31.1 Å². The Morgan fingerprint density at radius 2 is 2.04 bits per heavy atom. The number of benzene rings is 1. The molecule has 1 saturated heterocycles. The number of para-hydroxylation sites is 1. The van der Waals surface area contributed by atoms with E-state index in [4.69, 9.17) is 4.74 Å². The van der Waals surface area contributed by atoms with Crippen molar-refractivity contribution in [3.8, 4) is 5.69 Å². The van der Waals surface area contributed by atoms with Crippen LogP contribution < -0.4 is 0 Å². The van der Waals surface area contributed by atoms with Crippen LogP contribution in [0.4, 0.5) is 0 Å². The Kier molecular flexibility index (Phi) is 6.04. The molecule has 1 fully saturated rings. The van der Waals surface area contributed by atoms with Gasteiger partial charge in [0.05, 0.1) is 24.1 Å². The van der Waals surface area contributed by atoms with E-state index in [1.54, 1.807) is 10.9 Å².